The Labute approximate surface area is 112 Å². The van der Waals surface area contributed by atoms with Gasteiger partial charge in [0.05, 0.1) is 6.04 Å². The van der Waals surface area contributed by atoms with Crippen LogP contribution < -0.4 is 5.32 Å². The predicted molar refractivity (Wildman–Crippen MR) is 77.0 cm³/mol. The first kappa shape index (κ1) is 13.4. The molecule has 0 aliphatic carbocycles. The maximum absolute atomic E-state index is 4.26. The van der Waals surface area contributed by atoms with Crippen LogP contribution in [0.1, 0.15) is 31.6 Å². The Morgan fingerprint density at radius 3 is 3.06 bits per heavy atom. The van der Waals surface area contributed by atoms with Gasteiger partial charge in [-0.1, -0.05) is 6.07 Å². The van der Waals surface area contributed by atoms with Crippen LogP contribution in [0, 0.1) is 0 Å². The highest BCUT2D eigenvalue weighted by molar-refractivity contribution is 7.98. The first-order valence-corrected chi connectivity index (χ1v) is 7.74. The van der Waals surface area contributed by atoms with Gasteiger partial charge in [0, 0.05) is 6.20 Å². The van der Waals surface area contributed by atoms with E-state index in [0.717, 1.165) is 18.0 Å². The lowest BCUT2D eigenvalue weighted by molar-refractivity contribution is 0.528. The van der Waals surface area contributed by atoms with Crippen LogP contribution in [0.5, 0.6) is 0 Å². The van der Waals surface area contributed by atoms with E-state index in [9.17, 15) is 0 Å². The molecule has 0 aromatic carbocycles. The zero-order valence-corrected chi connectivity index (χ0v) is 11.8. The van der Waals surface area contributed by atoms with Crippen LogP contribution >= 0.6 is 11.8 Å². The van der Waals surface area contributed by atoms with Gasteiger partial charge in [0.15, 0.2) is 11.5 Å². The Bertz CT molecular complexity index is 483. The summed E-state index contributed by atoms with van der Waals surface area (Å²) in [4.78, 5) is 0. The highest BCUT2D eigenvalue weighted by Gasteiger charge is 2.11. The lowest BCUT2D eigenvalue weighted by atomic mass is 10.2. The summed E-state index contributed by atoms with van der Waals surface area (Å²) in [6.07, 6.45) is 6.64. The Morgan fingerprint density at radius 2 is 2.22 bits per heavy atom. The molecular formula is C13H20N4S. The summed E-state index contributed by atoms with van der Waals surface area (Å²) in [5, 5.41) is 11.9. The monoisotopic (exact) mass is 264 g/mol. The van der Waals surface area contributed by atoms with Gasteiger partial charge >= 0.3 is 0 Å². The number of hydrogen-bond acceptors (Lipinski definition) is 4. The molecule has 2 aromatic heterocycles. The van der Waals surface area contributed by atoms with Crippen LogP contribution in [0.25, 0.3) is 5.65 Å². The molecule has 0 amide bonds. The van der Waals surface area contributed by atoms with Gasteiger partial charge in [-0.3, -0.25) is 4.40 Å². The Balaban J connectivity index is 1.90. The van der Waals surface area contributed by atoms with Crippen molar-refractivity contribution in [3.05, 3.63) is 30.2 Å². The zero-order valence-electron chi connectivity index (χ0n) is 11.0. The number of aromatic nitrogens is 3. The fourth-order valence-electron chi connectivity index (χ4n) is 1.94. The topological polar surface area (TPSA) is 42.2 Å². The van der Waals surface area contributed by atoms with E-state index >= 15 is 0 Å². The Morgan fingerprint density at radius 1 is 1.33 bits per heavy atom. The number of unbranched alkanes of at least 4 members (excludes halogenated alkanes) is 1. The minimum Gasteiger partial charge on any atom is -0.308 e. The summed E-state index contributed by atoms with van der Waals surface area (Å²) in [5.41, 5.74) is 0.906. The number of hydrogen-bond donors (Lipinski definition) is 1. The number of rotatable bonds is 7. The average Bonchev–Trinajstić information content (AvgIpc) is 2.82. The van der Waals surface area contributed by atoms with Crippen molar-refractivity contribution in [1.82, 2.24) is 19.9 Å². The van der Waals surface area contributed by atoms with Crippen molar-refractivity contribution < 1.29 is 0 Å². The summed E-state index contributed by atoms with van der Waals surface area (Å²) in [5.74, 6) is 2.22. The van der Waals surface area contributed by atoms with Gasteiger partial charge in [-0.15, -0.1) is 10.2 Å². The molecule has 0 saturated heterocycles. The van der Waals surface area contributed by atoms with Crippen molar-refractivity contribution in [2.75, 3.05) is 18.6 Å². The van der Waals surface area contributed by atoms with Crippen LogP contribution in [-0.2, 0) is 0 Å². The average molecular weight is 264 g/mol. The highest BCUT2D eigenvalue weighted by atomic mass is 32.2. The van der Waals surface area contributed by atoms with Gasteiger partial charge in [0.25, 0.3) is 0 Å². The molecule has 2 heterocycles. The van der Waals surface area contributed by atoms with Crippen LogP contribution in [0.2, 0.25) is 0 Å². The van der Waals surface area contributed by atoms with Crippen molar-refractivity contribution in [2.24, 2.45) is 0 Å². The third-order valence-corrected chi connectivity index (χ3v) is 3.65. The lowest BCUT2D eigenvalue weighted by Gasteiger charge is -2.11. The number of pyridine rings is 1. The van der Waals surface area contributed by atoms with Crippen molar-refractivity contribution >= 4 is 17.4 Å². The second-order valence-corrected chi connectivity index (χ2v) is 5.35. The zero-order chi connectivity index (χ0) is 12.8. The molecular weight excluding hydrogens is 244 g/mol. The second-order valence-electron chi connectivity index (χ2n) is 4.36. The molecule has 2 aromatic rings. The molecule has 0 spiro atoms. The Hall–Kier alpha value is -1.07. The van der Waals surface area contributed by atoms with Gasteiger partial charge in [0.1, 0.15) is 0 Å². The van der Waals surface area contributed by atoms with Crippen LogP contribution in [0.3, 0.4) is 0 Å². The SMILES string of the molecule is CSCCCCNC(C)c1nnc2ccccn12. The van der Waals surface area contributed by atoms with Gasteiger partial charge in [0.2, 0.25) is 0 Å². The molecule has 0 saturated carbocycles. The summed E-state index contributed by atoms with van der Waals surface area (Å²) in [6, 6.07) is 6.19. The van der Waals surface area contributed by atoms with E-state index in [1.165, 1.54) is 18.6 Å². The van der Waals surface area contributed by atoms with E-state index in [4.69, 9.17) is 0 Å². The standard InChI is InChI=1S/C13H20N4S/c1-11(14-8-4-6-10-18-2)13-16-15-12-7-3-5-9-17(12)13/h3,5,7,9,11,14H,4,6,8,10H2,1-2H3. The molecule has 1 N–H and O–H groups in total. The molecule has 1 atom stereocenters. The molecule has 0 aliphatic heterocycles. The number of thioether (sulfide) groups is 1. The molecule has 0 bridgehead atoms. The van der Waals surface area contributed by atoms with Crippen molar-refractivity contribution in [3.8, 4) is 0 Å². The van der Waals surface area contributed by atoms with E-state index in [-0.39, 0.29) is 6.04 Å². The minimum atomic E-state index is 0.233. The van der Waals surface area contributed by atoms with E-state index in [1.807, 2.05) is 40.6 Å². The van der Waals surface area contributed by atoms with Crippen molar-refractivity contribution in [3.63, 3.8) is 0 Å². The Kier molecular flexibility index (Phi) is 5.01. The molecule has 1 unspecified atom stereocenters. The van der Waals surface area contributed by atoms with Crippen LogP contribution in [0.4, 0.5) is 0 Å². The van der Waals surface area contributed by atoms with E-state index in [2.05, 4.69) is 28.7 Å². The fraction of sp³-hybridized carbons (Fsp3) is 0.538. The summed E-state index contributed by atoms with van der Waals surface area (Å²) < 4.78 is 2.04. The second kappa shape index (κ2) is 6.75. The summed E-state index contributed by atoms with van der Waals surface area (Å²) in [7, 11) is 0. The smallest absolute Gasteiger partial charge is 0.160 e. The molecule has 18 heavy (non-hydrogen) atoms. The van der Waals surface area contributed by atoms with Gasteiger partial charge in [-0.2, -0.15) is 11.8 Å². The number of nitrogens with zero attached hydrogens (tertiary/aromatic N) is 3. The highest BCUT2D eigenvalue weighted by Crippen LogP contribution is 2.11. The fourth-order valence-corrected chi connectivity index (χ4v) is 2.43. The minimum absolute atomic E-state index is 0.233. The van der Waals surface area contributed by atoms with Gasteiger partial charge in [-0.25, -0.2) is 0 Å². The quantitative estimate of drug-likeness (QED) is 0.780. The molecule has 0 aliphatic rings. The number of nitrogens with one attached hydrogen (secondary N) is 1. The van der Waals surface area contributed by atoms with Crippen LogP contribution in [0.15, 0.2) is 24.4 Å². The normalized spacial score (nSPS) is 13.0. The van der Waals surface area contributed by atoms with E-state index < -0.39 is 0 Å². The molecule has 4 nitrogen and oxygen atoms in total. The van der Waals surface area contributed by atoms with Crippen LogP contribution in [-0.4, -0.2) is 33.2 Å². The first-order chi connectivity index (χ1) is 8.83. The number of fused-ring (bicyclic) bond motifs is 1. The lowest BCUT2D eigenvalue weighted by Crippen LogP contribution is -2.22. The third kappa shape index (κ3) is 3.23. The largest absolute Gasteiger partial charge is 0.308 e. The van der Waals surface area contributed by atoms with Gasteiger partial charge in [-0.05, 0) is 50.5 Å². The maximum Gasteiger partial charge on any atom is 0.160 e. The molecule has 98 valence electrons. The van der Waals surface area contributed by atoms with Crippen molar-refractivity contribution in [2.45, 2.75) is 25.8 Å². The van der Waals surface area contributed by atoms with Crippen molar-refractivity contribution in [1.29, 1.82) is 0 Å². The first-order valence-electron chi connectivity index (χ1n) is 6.35. The predicted octanol–water partition coefficient (Wildman–Crippen LogP) is 2.52. The molecule has 5 heteroatoms. The third-order valence-electron chi connectivity index (χ3n) is 2.95. The summed E-state index contributed by atoms with van der Waals surface area (Å²) >= 11 is 1.91. The molecule has 0 radical (unpaired) electrons. The van der Waals surface area contributed by atoms with Gasteiger partial charge < -0.3 is 5.32 Å². The molecule has 2 rings (SSSR count). The van der Waals surface area contributed by atoms with E-state index in [1.54, 1.807) is 0 Å². The summed E-state index contributed by atoms with van der Waals surface area (Å²) in [6.45, 7) is 3.17. The van der Waals surface area contributed by atoms with E-state index in [0.29, 0.717) is 0 Å². The maximum atomic E-state index is 4.26. The molecule has 0 fully saturated rings.